The summed E-state index contributed by atoms with van der Waals surface area (Å²) in [5, 5.41) is 11.9. The summed E-state index contributed by atoms with van der Waals surface area (Å²) in [5.41, 5.74) is -0.717. The molecule has 2 rings (SSSR count). The molecule has 0 saturated carbocycles. The van der Waals surface area contributed by atoms with Crippen molar-refractivity contribution in [3.8, 4) is 0 Å². The van der Waals surface area contributed by atoms with E-state index in [4.69, 9.17) is 41.7 Å². The normalized spacial score (nSPS) is 28.7. The zero-order chi connectivity index (χ0) is 45.8. The van der Waals surface area contributed by atoms with Crippen molar-refractivity contribution in [2.45, 2.75) is 219 Å². The molecule has 0 aliphatic carbocycles. The highest BCUT2D eigenvalue weighted by molar-refractivity contribution is 6.75. The second-order valence-corrected chi connectivity index (χ2v) is 37.4. The van der Waals surface area contributed by atoms with Gasteiger partial charge in [0, 0.05) is 50.9 Å². The standard InChI is InChI=1S/C46H94O10Si3/c1-24-32(2)39(56-59(22,23)44(11,12)13)34(4)37(55-58(20,21)43(8,9)10)29-38(49-17)40-41(51-31-50-28-27-48-16)45(14,15)46(54-40)30-35(47)33(3)36(53-46)25-26-52-57(18,19)42(5,6)7/h24,32-41,47H,1,25-31H2,2-23H3/t32-,33+,34+,35-,36+,37+,38+,39-,40-,41+,46-/m1/s1. The predicted octanol–water partition coefficient (Wildman–Crippen LogP) is 11.0. The second-order valence-electron chi connectivity index (χ2n) is 23.1. The van der Waals surface area contributed by atoms with Crippen LogP contribution in [-0.2, 0) is 41.7 Å². The largest absolute Gasteiger partial charge is 0.417 e. The number of hydrogen-bond donors (Lipinski definition) is 1. The summed E-state index contributed by atoms with van der Waals surface area (Å²) >= 11 is 0. The van der Waals surface area contributed by atoms with Gasteiger partial charge in [0.1, 0.15) is 12.9 Å². The average molecular weight is 892 g/mol. The molecule has 10 nitrogen and oxygen atoms in total. The summed E-state index contributed by atoms with van der Waals surface area (Å²) in [6.45, 7) is 50.8. The molecule has 11 atom stereocenters. The van der Waals surface area contributed by atoms with Crippen LogP contribution in [0.25, 0.3) is 0 Å². The Labute approximate surface area is 366 Å². The van der Waals surface area contributed by atoms with E-state index in [1.165, 1.54) is 0 Å². The first-order valence-electron chi connectivity index (χ1n) is 22.5. The Balaban J connectivity index is 2.68. The van der Waals surface area contributed by atoms with Crippen molar-refractivity contribution >= 4 is 25.0 Å². The highest BCUT2D eigenvalue weighted by Gasteiger charge is 2.67. The Hall–Kier alpha value is -0.00935. The fourth-order valence-electron chi connectivity index (χ4n) is 7.60. The van der Waals surface area contributed by atoms with E-state index in [1.54, 1.807) is 14.2 Å². The van der Waals surface area contributed by atoms with Gasteiger partial charge in [0.05, 0.1) is 49.8 Å². The van der Waals surface area contributed by atoms with Crippen molar-refractivity contribution in [3.63, 3.8) is 0 Å². The van der Waals surface area contributed by atoms with E-state index < -0.39 is 60.6 Å². The third kappa shape index (κ3) is 13.3. The van der Waals surface area contributed by atoms with Crippen LogP contribution < -0.4 is 0 Å². The van der Waals surface area contributed by atoms with E-state index in [1.807, 2.05) is 6.08 Å². The lowest BCUT2D eigenvalue weighted by atomic mass is 9.72. The molecule has 2 saturated heterocycles. The summed E-state index contributed by atoms with van der Waals surface area (Å²) in [7, 11) is -3.09. The van der Waals surface area contributed by atoms with Gasteiger partial charge in [0.25, 0.3) is 0 Å². The molecular formula is C46H94O10Si3. The summed E-state index contributed by atoms with van der Waals surface area (Å²) in [6.07, 6.45) is 0.677. The van der Waals surface area contributed by atoms with Gasteiger partial charge in [-0.2, -0.15) is 0 Å². The minimum Gasteiger partial charge on any atom is -0.417 e. The molecule has 2 heterocycles. The van der Waals surface area contributed by atoms with Gasteiger partial charge in [0.2, 0.25) is 0 Å². The van der Waals surface area contributed by atoms with E-state index in [-0.39, 0.29) is 58.0 Å². The van der Waals surface area contributed by atoms with Gasteiger partial charge in [0.15, 0.2) is 30.7 Å². The first kappa shape index (κ1) is 55.1. The van der Waals surface area contributed by atoms with E-state index in [0.717, 1.165) is 0 Å². The minimum absolute atomic E-state index is 0.0112. The quantitative estimate of drug-likeness (QED) is 0.0489. The van der Waals surface area contributed by atoms with Crippen LogP contribution in [0.2, 0.25) is 54.4 Å². The molecule has 0 radical (unpaired) electrons. The van der Waals surface area contributed by atoms with Crippen LogP contribution in [0.3, 0.4) is 0 Å². The Morgan fingerprint density at radius 3 is 1.85 bits per heavy atom. The van der Waals surface area contributed by atoms with E-state index >= 15 is 0 Å². The third-order valence-corrected chi connectivity index (χ3v) is 28.9. The highest BCUT2D eigenvalue weighted by atomic mass is 28.4. The third-order valence-electron chi connectivity index (χ3n) is 15.4. The zero-order valence-corrected chi connectivity index (χ0v) is 45.1. The molecule has 2 aliphatic heterocycles. The zero-order valence-electron chi connectivity index (χ0n) is 42.1. The van der Waals surface area contributed by atoms with Gasteiger partial charge in [-0.3, -0.25) is 0 Å². The monoisotopic (exact) mass is 891 g/mol. The Morgan fingerprint density at radius 2 is 1.36 bits per heavy atom. The molecule has 0 unspecified atom stereocenters. The summed E-state index contributed by atoms with van der Waals surface area (Å²) in [5.74, 6) is -1.19. The van der Waals surface area contributed by atoms with E-state index in [9.17, 15) is 5.11 Å². The van der Waals surface area contributed by atoms with Gasteiger partial charge in [-0.25, -0.2) is 0 Å². The first-order valence-corrected chi connectivity index (χ1v) is 31.3. The van der Waals surface area contributed by atoms with Crippen LogP contribution in [0.1, 0.15) is 116 Å². The fraction of sp³-hybridized carbons (Fsp3) is 0.957. The number of methoxy groups -OCH3 is 2. The SMILES string of the molecule is C=C[C@@H](C)[C@@H](O[Si](C)(C)C(C)(C)C)[C@@H](C)[C@H](C[C@H](OC)[C@H]1O[C@]2(C[C@@H](O)[C@H](C)[C@H](CCO[Si](C)(C)C(C)(C)C)O2)C(C)(C)[C@H]1OCOCCOC)O[Si](C)(C)C(C)(C)C. The van der Waals surface area contributed by atoms with Crippen LogP contribution in [0.4, 0.5) is 0 Å². The van der Waals surface area contributed by atoms with Crippen molar-refractivity contribution in [2.75, 3.05) is 40.8 Å². The number of hydrogen-bond acceptors (Lipinski definition) is 10. The van der Waals surface area contributed by atoms with Crippen LogP contribution in [-0.4, -0.2) is 119 Å². The van der Waals surface area contributed by atoms with Gasteiger partial charge < -0.3 is 46.8 Å². The molecule has 0 aromatic carbocycles. The van der Waals surface area contributed by atoms with E-state index in [2.05, 4.69) is 143 Å². The highest BCUT2D eigenvalue weighted by Crippen LogP contribution is 2.56. The Kier molecular flexibility index (Phi) is 19.5. The lowest BCUT2D eigenvalue weighted by molar-refractivity contribution is -0.336. The predicted molar refractivity (Wildman–Crippen MR) is 249 cm³/mol. The molecule has 0 amide bonds. The van der Waals surface area contributed by atoms with Crippen molar-refractivity contribution < 1.29 is 46.8 Å². The average Bonchev–Trinajstić information content (AvgIpc) is 3.29. The van der Waals surface area contributed by atoms with Crippen LogP contribution in [0, 0.1) is 23.2 Å². The summed E-state index contributed by atoms with van der Waals surface area (Å²) in [6, 6.07) is 0. The minimum atomic E-state index is -2.31. The molecule has 1 spiro atoms. The molecule has 59 heavy (non-hydrogen) atoms. The molecule has 2 fully saturated rings. The molecule has 13 heteroatoms. The maximum atomic E-state index is 11.8. The topological polar surface area (TPSA) is 103 Å². The number of aliphatic hydroxyl groups excluding tert-OH is 1. The molecule has 0 bridgehead atoms. The first-order chi connectivity index (χ1) is 26.7. The molecule has 350 valence electrons. The fourth-order valence-corrected chi connectivity index (χ4v) is 11.5. The van der Waals surface area contributed by atoms with Crippen molar-refractivity contribution in [3.05, 3.63) is 12.7 Å². The number of rotatable bonds is 22. The maximum Gasteiger partial charge on any atom is 0.192 e. The van der Waals surface area contributed by atoms with Crippen molar-refractivity contribution in [2.24, 2.45) is 23.2 Å². The van der Waals surface area contributed by atoms with Crippen LogP contribution >= 0.6 is 0 Å². The molecular weight excluding hydrogens is 797 g/mol. The van der Waals surface area contributed by atoms with Crippen molar-refractivity contribution in [1.29, 1.82) is 0 Å². The van der Waals surface area contributed by atoms with Gasteiger partial charge in [-0.15, -0.1) is 6.58 Å². The van der Waals surface area contributed by atoms with Gasteiger partial charge in [-0.05, 0) is 66.7 Å². The number of ether oxygens (including phenoxy) is 6. The van der Waals surface area contributed by atoms with Gasteiger partial charge >= 0.3 is 0 Å². The lowest BCUT2D eigenvalue weighted by Gasteiger charge is -2.50. The molecule has 0 aromatic rings. The smallest absolute Gasteiger partial charge is 0.192 e. The second kappa shape index (κ2) is 20.9. The molecule has 1 N–H and O–H groups in total. The number of aliphatic hydroxyl groups is 1. The molecule has 2 aliphatic rings. The molecule has 0 aromatic heterocycles. The summed E-state index contributed by atoms with van der Waals surface area (Å²) in [4.78, 5) is 0. The van der Waals surface area contributed by atoms with Crippen LogP contribution in [0.5, 0.6) is 0 Å². The van der Waals surface area contributed by atoms with E-state index in [0.29, 0.717) is 39.1 Å². The van der Waals surface area contributed by atoms with Crippen molar-refractivity contribution in [1.82, 2.24) is 0 Å². The lowest BCUT2D eigenvalue weighted by Crippen LogP contribution is -2.58. The summed E-state index contributed by atoms with van der Waals surface area (Å²) < 4.78 is 60.3. The Bertz CT molecular complexity index is 1290. The van der Waals surface area contributed by atoms with Gasteiger partial charge in [-0.1, -0.05) is 103 Å². The van der Waals surface area contributed by atoms with Crippen LogP contribution in [0.15, 0.2) is 12.7 Å². The Morgan fingerprint density at radius 1 is 0.814 bits per heavy atom. The maximum absolute atomic E-state index is 11.8.